The summed E-state index contributed by atoms with van der Waals surface area (Å²) >= 11 is 0. The molecule has 0 radical (unpaired) electrons. The molecule has 0 spiro atoms. The van der Waals surface area contributed by atoms with Crippen molar-refractivity contribution in [1.82, 2.24) is 24.6 Å². The van der Waals surface area contributed by atoms with Crippen LogP contribution in [0.4, 0.5) is 10.6 Å². The first-order valence-corrected chi connectivity index (χ1v) is 10.2. The summed E-state index contributed by atoms with van der Waals surface area (Å²) in [6.45, 7) is 11.0. The molecule has 0 N–H and O–H groups in total. The van der Waals surface area contributed by atoms with Crippen LogP contribution in [0.2, 0.25) is 0 Å². The topological polar surface area (TPSA) is 76.4 Å². The van der Waals surface area contributed by atoms with E-state index in [9.17, 15) is 4.79 Å². The van der Waals surface area contributed by atoms with Gasteiger partial charge in [0.15, 0.2) is 5.65 Å². The quantitative estimate of drug-likeness (QED) is 0.662. The fraction of sp³-hybridized carbons (Fsp3) is 0.455. The molecule has 158 valence electrons. The maximum atomic E-state index is 12.3. The van der Waals surface area contributed by atoms with E-state index in [1.54, 1.807) is 11.2 Å². The molecular weight excluding hydrogens is 380 g/mol. The lowest BCUT2D eigenvalue weighted by Crippen LogP contribution is -2.50. The number of fused-ring (bicyclic) bond motifs is 1. The van der Waals surface area contributed by atoms with E-state index in [0.717, 1.165) is 16.9 Å². The van der Waals surface area contributed by atoms with E-state index in [1.807, 2.05) is 31.6 Å². The van der Waals surface area contributed by atoms with Gasteiger partial charge >= 0.3 is 6.09 Å². The fourth-order valence-corrected chi connectivity index (χ4v) is 3.66. The average Bonchev–Trinajstić information content (AvgIpc) is 3.10. The SMILES string of the molecule is Cc1cccc(Cn2ncc3c(N4CCN(C(=O)OC(C)(C)C)CC4)ncnc32)c1. The van der Waals surface area contributed by atoms with Gasteiger partial charge in [0.05, 0.1) is 18.1 Å². The van der Waals surface area contributed by atoms with Crippen LogP contribution in [0.15, 0.2) is 36.8 Å². The number of aryl methyl sites for hydroxylation is 1. The molecule has 0 atom stereocenters. The number of piperazine rings is 1. The van der Waals surface area contributed by atoms with Gasteiger partial charge in [-0.1, -0.05) is 29.8 Å². The molecule has 1 fully saturated rings. The summed E-state index contributed by atoms with van der Waals surface area (Å²) in [7, 11) is 0. The monoisotopic (exact) mass is 408 g/mol. The van der Waals surface area contributed by atoms with Gasteiger partial charge < -0.3 is 14.5 Å². The Morgan fingerprint density at radius 1 is 1.13 bits per heavy atom. The molecule has 1 aliphatic rings. The van der Waals surface area contributed by atoms with Crippen LogP contribution < -0.4 is 4.90 Å². The molecule has 1 aromatic carbocycles. The Balaban J connectivity index is 1.49. The zero-order valence-corrected chi connectivity index (χ0v) is 18.0. The lowest BCUT2D eigenvalue weighted by atomic mass is 10.1. The third-order valence-electron chi connectivity index (χ3n) is 5.06. The van der Waals surface area contributed by atoms with Crippen molar-refractivity contribution in [2.75, 3.05) is 31.1 Å². The Morgan fingerprint density at radius 2 is 1.90 bits per heavy atom. The van der Waals surface area contributed by atoms with Crippen LogP contribution in [0, 0.1) is 6.92 Å². The van der Waals surface area contributed by atoms with Gasteiger partial charge in [-0.25, -0.2) is 19.4 Å². The van der Waals surface area contributed by atoms with Gasteiger partial charge in [-0.05, 0) is 33.3 Å². The molecule has 4 rings (SSSR count). The van der Waals surface area contributed by atoms with Crippen molar-refractivity contribution < 1.29 is 9.53 Å². The first kappa shape index (κ1) is 20.1. The Morgan fingerprint density at radius 3 is 2.60 bits per heavy atom. The molecule has 3 heterocycles. The minimum Gasteiger partial charge on any atom is -0.444 e. The van der Waals surface area contributed by atoms with E-state index in [0.29, 0.717) is 32.7 Å². The van der Waals surface area contributed by atoms with Crippen LogP contribution >= 0.6 is 0 Å². The molecule has 0 saturated carbocycles. The molecule has 0 unspecified atom stereocenters. The molecule has 1 amide bonds. The van der Waals surface area contributed by atoms with E-state index in [4.69, 9.17) is 4.74 Å². The smallest absolute Gasteiger partial charge is 0.410 e. The Hall–Kier alpha value is -3.16. The number of amides is 1. The highest BCUT2D eigenvalue weighted by molar-refractivity contribution is 5.86. The number of rotatable bonds is 3. The molecule has 2 aromatic heterocycles. The van der Waals surface area contributed by atoms with Crippen LogP contribution in [0.1, 0.15) is 31.9 Å². The predicted octanol–water partition coefficient (Wildman–Crippen LogP) is 3.24. The highest BCUT2D eigenvalue weighted by Crippen LogP contribution is 2.24. The van der Waals surface area contributed by atoms with Crippen LogP contribution in [-0.4, -0.2) is 62.5 Å². The zero-order valence-electron chi connectivity index (χ0n) is 18.0. The highest BCUT2D eigenvalue weighted by atomic mass is 16.6. The third kappa shape index (κ3) is 4.37. The highest BCUT2D eigenvalue weighted by Gasteiger charge is 2.27. The van der Waals surface area contributed by atoms with Crippen LogP contribution in [0.5, 0.6) is 0 Å². The van der Waals surface area contributed by atoms with Gasteiger partial charge in [0, 0.05) is 26.2 Å². The summed E-state index contributed by atoms with van der Waals surface area (Å²) < 4.78 is 7.40. The maximum absolute atomic E-state index is 12.3. The van der Waals surface area contributed by atoms with Gasteiger partial charge in [0.25, 0.3) is 0 Å². The number of aromatic nitrogens is 4. The molecule has 3 aromatic rings. The van der Waals surface area contributed by atoms with Crippen molar-refractivity contribution in [2.45, 2.75) is 39.8 Å². The average molecular weight is 409 g/mol. The second-order valence-electron chi connectivity index (χ2n) is 8.68. The molecule has 8 heteroatoms. The van der Waals surface area contributed by atoms with Crippen molar-refractivity contribution in [3.05, 3.63) is 47.9 Å². The van der Waals surface area contributed by atoms with E-state index in [-0.39, 0.29) is 6.09 Å². The van der Waals surface area contributed by atoms with Gasteiger partial charge in [-0.2, -0.15) is 5.10 Å². The number of benzene rings is 1. The summed E-state index contributed by atoms with van der Waals surface area (Å²) in [5.74, 6) is 0.860. The summed E-state index contributed by atoms with van der Waals surface area (Å²) in [6, 6.07) is 8.40. The Bertz CT molecular complexity index is 1050. The fourth-order valence-electron chi connectivity index (χ4n) is 3.66. The number of hydrogen-bond acceptors (Lipinski definition) is 6. The van der Waals surface area contributed by atoms with Gasteiger partial charge in [-0.3, -0.25) is 0 Å². The third-order valence-corrected chi connectivity index (χ3v) is 5.06. The normalized spacial score (nSPS) is 14.9. The van der Waals surface area contributed by atoms with Crippen molar-refractivity contribution >= 4 is 22.9 Å². The lowest BCUT2D eigenvalue weighted by molar-refractivity contribution is 0.0240. The van der Waals surface area contributed by atoms with E-state index >= 15 is 0 Å². The largest absolute Gasteiger partial charge is 0.444 e. The van der Waals surface area contributed by atoms with Gasteiger partial charge in [0.1, 0.15) is 17.7 Å². The number of carbonyl (C=O) groups is 1. The van der Waals surface area contributed by atoms with Crippen molar-refractivity contribution in [3.63, 3.8) is 0 Å². The standard InChI is InChI=1S/C22H28N6O2/c1-16-6-5-7-17(12-16)14-28-20-18(13-25-28)19(23-15-24-20)26-8-10-27(11-9-26)21(29)30-22(2,3)4/h5-7,12-13,15H,8-11,14H2,1-4H3. The Labute approximate surface area is 176 Å². The lowest BCUT2D eigenvalue weighted by Gasteiger charge is -2.36. The zero-order chi connectivity index (χ0) is 21.3. The molecule has 0 aliphatic carbocycles. The van der Waals surface area contributed by atoms with Gasteiger partial charge in [-0.15, -0.1) is 0 Å². The van der Waals surface area contributed by atoms with Gasteiger partial charge in [0.2, 0.25) is 0 Å². The van der Waals surface area contributed by atoms with Crippen LogP contribution in [0.3, 0.4) is 0 Å². The summed E-state index contributed by atoms with van der Waals surface area (Å²) in [5, 5.41) is 5.49. The number of ether oxygens (including phenoxy) is 1. The minimum atomic E-state index is -0.487. The number of anilines is 1. The Kier molecular flexibility index (Phi) is 5.32. The van der Waals surface area contributed by atoms with Crippen molar-refractivity contribution in [3.8, 4) is 0 Å². The molecule has 0 bridgehead atoms. The molecule has 30 heavy (non-hydrogen) atoms. The van der Waals surface area contributed by atoms with Crippen molar-refractivity contribution in [2.24, 2.45) is 0 Å². The molecular formula is C22H28N6O2. The first-order chi connectivity index (χ1) is 14.3. The predicted molar refractivity (Wildman–Crippen MR) is 116 cm³/mol. The summed E-state index contributed by atoms with van der Waals surface area (Å²) in [5.41, 5.74) is 2.74. The van der Waals surface area contributed by atoms with Crippen LogP contribution in [-0.2, 0) is 11.3 Å². The van der Waals surface area contributed by atoms with E-state index in [1.165, 1.54) is 11.1 Å². The second-order valence-corrected chi connectivity index (χ2v) is 8.68. The number of hydrogen-bond donors (Lipinski definition) is 0. The number of carbonyl (C=O) groups excluding carboxylic acids is 1. The van der Waals surface area contributed by atoms with E-state index in [2.05, 4.69) is 51.2 Å². The van der Waals surface area contributed by atoms with Crippen LogP contribution in [0.25, 0.3) is 11.0 Å². The summed E-state index contributed by atoms with van der Waals surface area (Å²) in [4.78, 5) is 25.2. The second kappa shape index (κ2) is 7.93. The molecule has 1 saturated heterocycles. The summed E-state index contributed by atoms with van der Waals surface area (Å²) in [6.07, 6.45) is 3.16. The first-order valence-electron chi connectivity index (χ1n) is 10.2. The maximum Gasteiger partial charge on any atom is 0.410 e. The van der Waals surface area contributed by atoms with E-state index < -0.39 is 5.60 Å². The van der Waals surface area contributed by atoms with Crippen molar-refractivity contribution in [1.29, 1.82) is 0 Å². The number of nitrogens with zero attached hydrogens (tertiary/aromatic N) is 6. The minimum absolute atomic E-state index is 0.263. The molecule has 8 nitrogen and oxygen atoms in total. The molecule has 1 aliphatic heterocycles.